The molecule has 0 radical (unpaired) electrons. The third-order valence-electron chi connectivity index (χ3n) is 4.53. The molecule has 27 heavy (non-hydrogen) atoms. The number of carbonyl (C=O) groups excluding carboxylic acids is 1. The second-order valence-corrected chi connectivity index (χ2v) is 7.50. The van der Waals surface area contributed by atoms with E-state index in [1.165, 1.54) is 4.88 Å². The molecule has 0 aliphatic rings. The van der Waals surface area contributed by atoms with Crippen LogP contribution in [0.5, 0.6) is 0 Å². The number of benzene rings is 2. The van der Waals surface area contributed by atoms with E-state index in [1.807, 2.05) is 49.4 Å². The van der Waals surface area contributed by atoms with Gasteiger partial charge < -0.3 is 5.32 Å². The summed E-state index contributed by atoms with van der Waals surface area (Å²) in [6.45, 7) is 2.56. The smallest absolute Gasteiger partial charge is 0.252 e. The van der Waals surface area contributed by atoms with E-state index in [2.05, 4.69) is 35.0 Å². The molecule has 0 aliphatic heterocycles. The molecule has 0 spiro atoms. The van der Waals surface area contributed by atoms with Gasteiger partial charge in [-0.05, 0) is 36.4 Å². The number of para-hydroxylation sites is 1. The molecule has 1 amide bonds. The van der Waals surface area contributed by atoms with Crippen molar-refractivity contribution in [2.75, 3.05) is 6.54 Å². The molecule has 4 heteroatoms. The average molecular weight is 372 g/mol. The number of aromatic nitrogens is 1. The number of nitrogens with one attached hydrogen (secondary N) is 1. The van der Waals surface area contributed by atoms with Crippen LogP contribution >= 0.6 is 11.3 Å². The summed E-state index contributed by atoms with van der Waals surface area (Å²) in [6.07, 6.45) is 0.848. The highest BCUT2D eigenvalue weighted by atomic mass is 32.1. The Morgan fingerprint density at radius 2 is 1.89 bits per heavy atom. The van der Waals surface area contributed by atoms with Gasteiger partial charge in [0.2, 0.25) is 0 Å². The lowest BCUT2D eigenvalue weighted by molar-refractivity contribution is 0.0955. The van der Waals surface area contributed by atoms with Crippen molar-refractivity contribution in [3.8, 4) is 11.1 Å². The summed E-state index contributed by atoms with van der Waals surface area (Å²) in [7, 11) is 0. The zero-order valence-electron chi connectivity index (χ0n) is 15.1. The normalized spacial score (nSPS) is 10.9. The van der Waals surface area contributed by atoms with E-state index in [9.17, 15) is 4.79 Å². The summed E-state index contributed by atoms with van der Waals surface area (Å²) in [6, 6.07) is 22.2. The third-order valence-corrected chi connectivity index (χ3v) is 5.47. The fourth-order valence-corrected chi connectivity index (χ4v) is 3.97. The molecule has 3 nitrogen and oxygen atoms in total. The monoisotopic (exact) mass is 372 g/mol. The number of fused-ring (bicyclic) bond motifs is 1. The van der Waals surface area contributed by atoms with Crippen molar-refractivity contribution in [1.29, 1.82) is 0 Å². The van der Waals surface area contributed by atoms with Crippen LogP contribution in [0.25, 0.3) is 22.0 Å². The fourth-order valence-electron chi connectivity index (χ4n) is 3.26. The van der Waals surface area contributed by atoms with E-state index in [4.69, 9.17) is 4.98 Å². The first-order valence-electron chi connectivity index (χ1n) is 8.99. The minimum Gasteiger partial charge on any atom is -0.352 e. The summed E-state index contributed by atoms with van der Waals surface area (Å²) in [5.41, 5.74) is 4.54. The van der Waals surface area contributed by atoms with Gasteiger partial charge in [-0.25, -0.2) is 0 Å². The quantitative estimate of drug-likeness (QED) is 0.520. The Bertz CT molecular complexity index is 1070. The van der Waals surface area contributed by atoms with E-state index in [-0.39, 0.29) is 5.91 Å². The topological polar surface area (TPSA) is 42.0 Å². The zero-order chi connectivity index (χ0) is 18.6. The van der Waals surface area contributed by atoms with Crippen molar-refractivity contribution in [3.05, 3.63) is 88.2 Å². The standard InChI is InChI=1S/C23H20N2OS/c1-16-15-21(23(26)24-13-12-18-9-6-14-27-18)20-11-5-10-19(22(20)25-16)17-7-3-2-4-8-17/h2-11,14-15H,12-13H2,1H3,(H,24,26). The molecule has 1 N–H and O–H groups in total. The second kappa shape index (κ2) is 7.72. The van der Waals surface area contributed by atoms with Crippen molar-refractivity contribution in [1.82, 2.24) is 10.3 Å². The number of pyridine rings is 1. The number of carbonyl (C=O) groups is 1. The molecular formula is C23H20N2OS. The number of rotatable bonds is 5. The highest BCUT2D eigenvalue weighted by Crippen LogP contribution is 2.29. The molecule has 0 aliphatic carbocycles. The highest BCUT2D eigenvalue weighted by Gasteiger charge is 2.14. The fraction of sp³-hybridized carbons (Fsp3) is 0.130. The minimum absolute atomic E-state index is 0.0488. The molecule has 2 aromatic carbocycles. The Morgan fingerprint density at radius 1 is 1.04 bits per heavy atom. The molecule has 2 heterocycles. The van der Waals surface area contributed by atoms with E-state index in [0.29, 0.717) is 12.1 Å². The van der Waals surface area contributed by atoms with Crippen molar-refractivity contribution in [2.24, 2.45) is 0 Å². The Morgan fingerprint density at radius 3 is 2.67 bits per heavy atom. The minimum atomic E-state index is -0.0488. The van der Waals surface area contributed by atoms with E-state index in [0.717, 1.165) is 34.1 Å². The number of amides is 1. The molecule has 2 aromatic heterocycles. The van der Waals surface area contributed by atoms with Gasteiger partial charge in [0.05, 0.1) is 11.1 Å². The lowest BCUT2D eigenvalue weighted by Gasteiger charge is -2.12. The van der Waals surface area contributed by atoms with Gasteiger partial charge in [0, 0.05) is 28.1 Å². The Kier molecular flexibility index (Phi) is 4.99. The van der Waals surface area contributed by atoms with Crippen LogP contribution in [0, 0.1) is 6.92 Å². The predicted octanol–water partition coefficient (Wildman–Crippen LogP) is 5.24. The molecule has 0 saturated carbocycles. The summed E-state index contributed by atoms with van der Waals surface area (Å²) >= 11 is 1.71. The lowest BCUT2D eigenvalue weighted by Crippen LogP contribution is -2.26. The summed E-state index contributed by atoms with van der Waals surface area (Å²) in [5, 5.41) is 6.00. The van der Waals surface area contributed by atoms with Gasteiger partial charge in [-0.15, -0.1) is 11.3 Å². The van der Waals surface area contributed by atoms with Crippen LogP contribution in [-0.4, -0.2) is 17.4 Å². The zero-order valence-corrected chi connectivity index (χ0v) is 15.9. The van der Waals surface area contributed by atoms with Crippen LogP contribution in [0.15, 0.2) is 72.1 Å². The van der Waals surface area contributed by atoms with Gasteiger partial charge in [0.25, 0.3) is 5.91 Å². The maximum Gasteiger partial charge on any atom is 0.252 e. The van der Waals surface area contributed by atoms with Gasteiger partial charge in [0.1, 0.15) is 0 Å². The van der Waals surface area contributed by atoms with Gasteiger partial charge in [-0.3, -0.25) is 9.78 Å². The molecule has 4 rings (SSSR count). The molecule has 0 unspecified atom stereocenters. The lowest BCUT2D eigenvalue weighted by atomic mass is 9.98. The summed E-state index contributed by atoms with van der Waals surface area (Å²) in [4.78, 5) is 18.9. The van der Waals surface area contributed by atoms with Crippen LogP contribution in [0.1, 0.15) is 20.9 Å². The summed E-state index contributed by atoms with van der Waals surface area (Å²) in [5.74, 6) is -0.0488. The van der Waals surface area contributed by atoms with Crippen molar-refractivity contribution in [2.45, 2.75) is 13.3 Å². The van der Waals surface area contributed by atoms with Crippen LogP contribution < -0.4 is 5.32 Å². The summed E-state index contributed by atoms with van der Waals surface area (Å²) < 4.78 is 0. The average Bonchev–Trinajstić information content (AvgIpc) is 3.21. The molecule has 0 bridgehead atoms. The SMILES string of the molecule is Cc1cc(C(=O)NCCc2cccs2)c2cccc(-c3ccccc3)c2n1. The maximum atomic E-state index is 12.9. The maximum absolute atomic E-state index is 12.9. The number of aryl methyl sites for hydroxylation is 1. The number of nitrogens with zero attached hydrogens (tertiary/aromatic N) is 1. The van der Waals surface area contributed by atoms with Gasteiger partial charge >= 0.3 is 0 Å². The van der Waals surface area contributed by atoms with Gasteiger partial charge in [-0.2, -0.15) is 0 Å². The number of hydrogen-bond donors (Lipinski definition) is 1. The first kappa shape index (κ1) is 17.4. The van der Waals surface area contributed by atoms with E-state index in [1.54, 1.807) is 11.3 Å². The van der Waals surface area contributed by atoms with Crippen LogP contribution in [-0.2, 0) is 6.42 Å². The molecule has 0 atom stereocenters. The Hall–Kier alpha value is -2.98. The predicted molar refractivity (Wildman–Crippen MR) is 112 cm³/mol. The van der Waals surface area contributed by atoms with Crippen molar-refractivity contribution >= 4 is 28.1 Å². The largest absolute Gasteiger partial charge is 0.352 e. The third kappa shape index (κ3) is 3.76. The van der Waals surface area contributed by atoms with E-state index >= 15 is 0 Å². The van der Waals surface area contributed by atoms with Crippen LogP contribution in [0.3, 0.4) is 0 Å². The van der Waals surface area contributed by atoms with Gasteiger partial charge in [-0.1, -0.05) is 54.6 Å². The second-order valence-electron chi connectivity index (χ2n) is 6.46. The number of hydrogen-bond acceptors (Lipinski definition) is 3. The Labute approximate surface area is 162 Å². The van der Waals surface area contributed by atoms with E-state index < -0.39 is 0 Å². The first-order chi connectivity index (χ1) is 13.2. The number of thiophene rings is 1. The molecular weight excluding hydrogens is 352 g/mol. The van der Waals surface area contributed by atoms with Crippen LogP contribution in [0.4, 0.5) is 0 Å². The Balaban J connectivity index is 1.67. The van der Waals surface area contributed by atoms with Crippen molar-refractivity contribution < 1.29 is 4.79 Å². The van der Waals surface area contributed by atoms with Crippen molar-refractivity contribution in [3.63, 3.8) is 0 Å². The van der Waals surface area contributed by atoms with Crippen LogP contribution in [0.2, 0.25) is 0 Å². The molecule has 0 fully saturated rings. The molecule has 4 aromatic rings. The molecule has 134 valence electrons. The van der Waals surface area contributed by atoms with Gasteiger partial charge in [0.15, 0.2) is 0 Å². The molecule has 0 saturated heterocycles. The highest BCUT2D eigenvalue weighted by molar-refractivity contribution is 7.09. The first-order valence-corrected chi connectivity index (χ1v) is 9.87.